The maximum absolute atomic E-state index is 12.0. The summed E-state index contributed by atoms with van der Waals surface area (Å²) < 4.78 is 6.95. The molecule has 0 atom stereocenters. The summed E-state index contributed by atoms with van der Waals surface area (Å²) in [6.45, 7) is 0.347. The molecule has 0 aliphatic heterocycles. The Morgan fingerprint density at radius 2 is 2.00 bits per heavy atom. The van der Waals surface area contributed by atoms with Crippen molar-refractivity contribution in [2.24, 2.45) is 0 Å². The van der Waals surface area contributed by atoms with E-state index in [9.17, 15) is 4.79 Å². The van der Waals surface area contributed by atoms with Gasteiger partial charge in [0.25, 0.3) is 0 Å². The van der Waals surface area contributed by atoms with Crippen LogP contribution in [-0.4, -0.2) is 27.6 Å². The van der Waals surface area contributed by atoms with Gasteiger partial charge >= 0.3 is 0 Å². The molecule has 22 heavy (non-hydrogen) atoms. The van der Waals surface area contributed by atoms with Crippen molar-refractivity contribution in [1.82, 2.24) is 19.9 Å². The molecular formula is C16H16N4O2. The molecule has 6 nitrogen and oxygen atoms in total. The van der Waals surface area contributed by atoms with Gasteiger partial charge in [0.05, 0.1) is 20.1 Å². The molecule has 0 unspecified atom stereocenters. The van der Waals surface area contributed by atoms with Crippen molar-refractivity contribution < 1.29 is 9.53 Å². The second-order valence-electron chi connectivity index (χ2n) is 4.85. The topological polar surface area (TPSA) is 68.5 Å². The van der Waals surface area contributed by atoms with Crippen molar-refractivity contribution in [2.45, 2.75) is 13.0 Å². The zero-order valence-corrected chi connectivity index (χ0v) is 12.2. The molecule has 2 heterocycles. The summed E-state index contributed by atoms with van der Waals surface area (Å²) >= 11 is 0. The average molecular weight is 296 g/mol. The summed E-state index contributed by atoms with van der Waals surface area (Å²) in [7, 11) is 1.62. The van der Waals surface area contributed by atoms with Gasteiger partial charge < -0.3 is 10.1 Å². The molecule has 0 saturated heterocycles. The Balaban J connectivity index is 1.60. The van der Waals surface area contributed by atoms with Gasteiger partial charge in [0.1, 0.15) is 5.75 Å². The number of fused-ring (bicyclic) bond motifs is 1. The van der Waals surface area contributed by atoms with Gasteiger partial charge in [-0.1, -0.05) is 18.2 Å². The number of nitrogens with one attached hydrogen (secondary N) is 1. The number of rotatable bonds is 5. The summed E-state index contributed by atoms with van der Waals surface area (Å²) in [5.74, 6) is 1.43. The number of nitrogens with zero attached hydrogens (tertiary/aromatic N) is 3. The van der Waals surface area contributed by atoms with Gasteiger partial charge in [-0.05, 0) is 29.8 Å². The number of ether oxygens (including phenoxy) is 1. The average Bonchev–Trinajstić information content (AvgIpc) is 2.97. The molecule has 0 aliphatic rings. The summed E-state index contributed by atoms with van der Waals surface area (Å²) in [6, 6.07) is 13.1. The zero-order valence-electron chi connectivity index (χ0n) is 12.2. The number of hydrogen-bond donors (Lipinski definition) is 1. The Morgan fingerprint density at radius 1 is 1.18 bits per heavy atom. The number of hydrogen-bond acceptors (Lipinski definition) is 4. The molecule has 1 N–H and O–H groups in total. The maximum Gasteiger partial charge on any atom is 0.224 e. The molecule has 1 amide bonds. The lowest BCUT2D eigenvalue weighted by Gasteiger charge is -2.05. The molecule has 6 heteroatoms. The molecule has 0 aliphatic carbocycles. The number of carbonyl (C=O) groups excluding carboxylic acids is 1. The van der Waals surface area contributed by atoms with Crippen molar-refractivity contribution in [2.75, 3.05) is 7.11 Å². The fourth-order valence-electron chi connectivity index (χ4n) is 2.18. The zero-order chi connectivity index (χ0) is 15.4. The highest BCUT2D eigenvalue weighted by Gasteiger charge is 2.07. The second-order valence-corrected chi connectivity index (χ2v) is 4.85. The standard InChI is InChI=1S/C16H16N4O2/c1-22-13-7-5-12(6-8-13)10-16(21)17-11-15-19-18-14-4-2-3-9-20(14)15/h2-9H,10-11H2,1H3,(H,17,21). The molecule has 112 valence electrons. The number of methoxy groups -OCH3 is 1. The predicted octanol–water partition coefficient (Wildman–Crippen LogP) is 1.60. The van der Waals surface area contributed by atoms with Gasteiger partial charge in [0, 0.05) is 6.20 Å². The van der Waals surface area contributed by atoms with Crippen LogP contribution in [-0.2, 0) is 17.8 Å². The Labute approximate surface area is 127 Å². The van der Waals surface area contributed by atoms with Crippen LogP contribution in [0.3, 0.4) is 0 Å². The van der Waals surface area contributed by atoms with Crippen molar-refractivity contribution in [3.05, 3.63) is 60.0 Å². The summed E-state index contributed by atoms with van der Waals surface area (Å²) in [5.41, 5.74) is 1.70. The van der Waals surface area contributed by atoms with Crippen LogP contribution in [0.25, 0.3) is 5.65 Å². The normalized spacial score (nSPS) is 10.6. The van der Waals surface area contributed by atoms with Gasteiger partial charge in [0.2, 0.25) is 5.91 Å². The van der Waals surface area contributed by atoms with Crippen LogP contribution in [0.1, 0.15) is 11.4 Å². The molecule has 2 aromatic heterocycles. The molecule has 0 radical (unpaired) electrons. The van der Waals surface area contributed by atoms with Crippen molar-refractivity contribution in [3.63, 3.8) is 0 Å². The molecular weight excluding hydrogens is 280 g/mol. The quantitative estimate of drug-likeness (QED) is 0.776. The minimum atomic E-state index is -0.0575. The monoisotopic (exact) mass is 296 g/mol. The van der Waals surface area contributed by atoms with E-state index in [1.54, 1.807) is 7.11 Å². The van der Waals surface area contributed by atoms with Crippen LogP contribution in [0, 0.1) is 0 Å². The predicted molar refractivity (Wildman–Crippen MR) is 81.5 cm³/mol. The van der Waals surface area contributed by atoms with Gasteiger partial charge in [-0.3, -0.25) is 9.20 Å². The number of carbonyl (C=O) groups is 1. The van der Waals surface area contributed by atoms with E-state index in [2.05, 4.69) is 15.5 Å². The molecule has 0 saturated carbocycles. The summed E-state index contributed by atoms with van der Waals surface area (Å²) in [4.78, 5) is 12.0. The van der Waals surface area contributed by atoms with E-state index in [0.717, 1.165) is 17.0 Å². The molecule has 3 aromatic rings. The van der Waals surface area contributed by atoms with Crippen LogP contribution in [0.5, 0.6) is 5.75 Å². The van der Waals surface area contributed by atoms with Crippen molar-refractivity contribution in [1.29, 1.82) is 0 Å². The van der Waals surface area contributed by atoms with Crippen LogP contribution in [0.15, 0.2) is 48.7 Å². The van der Waals surface area contributed by atoms with Crippen molar-refractivity contribution >= 4 is 11.6 Å². The van der Waals surface area contributed by atoms with E-state index < -0.39 is 0 Å². The fraction of sp³-hybridized carbons (Fsp3) is 0.188. The minimum absolute atomic E-state index is 0.0575. The Bertz CT molecular complexity index is 780. The van der Waals surface area contributed by atoms with E-state index >= 15 is 0 Å². The lowest BCUT2D eigenvalue weighted by Crippen LogP contribution is -2.25. The van der Waals surface area contributed by atoms with Crippen LogP contribution >= 0.6 is 0 Å². The summed E-state index contributed by atoms with van der Waals surface area (Å²) in [6.07, 6.45) is 2.20. The van der Waals surface area contributed by atoms with Gasteiger partial charge in [-0.15, -0.1) is 10.2 Å². The highest BCUT2D eigenvalue weighted by molar-refractivity contribution is 5.78. The first kappa shape index (κ1) is 14.1. The first-order valence-corrected chi connectivity index (χ1v) is 6.94. The largest absolute Gasteiger partial charge is 0.497 e. The first-order chi connectivity index (χ1) is 10.8. The van der Waals surface area contributed by atoms with E-state index in [0.29, 0.717) is 18.8 Å². The SMILES string of the molecule is COc1ccc(CC(=O)NCc2nnc3ccccn23)cc1. The van der Waals surface area contributed by atoms with Crippen LogP contribution in [0.4, 0.5) is 0 Å². The highest BCUT2D eigenvalue weighted by atomic mass is 16.5. The number of amides is 1. The van der Waals surface area contributed by atoms with Gasteiger partial charge in [0.15, 0.2) is 11.5 Å². The van der Waals surface area contributed by atoms with E-state index in [4.69, 9.17) is 4.74 Å². The molecule has 3 rings (SSSR count). The van der Waals surface area contributed by atoms with E-state index in [1.807, 2.05) is 53.1 Å². The number of aromatic nitrogens is 3. The van der Waals surface area contributed by atoms with Crippen molar-refractivity contribution in [3.8, 4) is 5.75 Å². The minimum Gasteiger partial charge on any atom is -0.497 e. The van der Waals surface area contributed by atoms with Crippen LogP contribution in [0.2, 0.25) is 0 Å². The third-order valence-corrected chi connectivity index (χ3v) is 3.35. The third-order valence-electron chi connectivity index (χ3n) is 3.35. The lowest BCUT2D eigenvalue weighted by molar-refractivity contribution is -0.120. The number of benzene rings is 1. The molecule has 1 aromatic carbocycles. The lowest BCUT2D eigenvalue weighted by atomic mass is 10.1. The smallest absolute Gasteiger partial charge is 0.224 e. The van der Waals surface area contributed by atoms with Gasteiger partial charge in [-0.2, -0.15) is 0 Å². The Hall–Kier alpha value is -2.89. The van der Waals surface area contributed by atoms with Crippen LogP contribution < -0.4 is 10.1 Å². The highest BCUT2D eigenvalue weighted by Crippen LogP contribution is 2.11. The fourth-order valence-corrected chi connectivity index (χ4v) is 2.18. The Morgan fingerprint density at radius 3 is 2.77 bits per heavy atom. The van der Waals surface area contributed by atoms with E-state index in [-0.39, 0.29) is 5.91 Å². The summed E-state index contributed by atoms with van der Waals surface area (Å²) in [5, 5.41) is 11.0. The molecule has 0 fully saturated rings. The van der Waals surface area contributed by atoms with Gasteiger partial charge in [-0.25, -0.2) is 0 Å². The third kappa shape index (κ3) is 3.06. The number of pyridine rings is 1. The second kappa shape index (κ2) is 6.26. The molecule has 0 spiro atoms. The molecule has 0 bridgehead atoms. The van der Waals surface area contributed by atoms with E-state index in [1.165, 1.54) is 0 Å². The first-order valence-electron chi connectivity index (χ1n) is 6.94. The maximum atomic E-state index is 12.0. The Kier molecular flexibility index (Phi) is 4.00.